The number of fused-ring (bicyclic) bond motifs is 2. The minimum Gasteiger partial charge on any atom is -0.390 e. The quantitative estimate of drug-likeness (QED) is 0.679. The number of hydrogen-bond acceptors (Lipinski definition) is 3. The van der Waals surface area contributed by atoms with Crippen molar-refractivity contribution in [2.45, 2.75) is 82.8 Å². The van der Waals surface area contributed by atoms with Gasteiger partial charge in [0.25, 0.3) is 0 Å². The van der Waals surface area contributed by atoms with Crippen LogP contribution in [-0.2, 0) is 8.85 Å². The Kier molecular flexibility index (Phi) is 3.02. The summed E-state index contributed by atoms with van der Waals surface area (Å²) in [4.78, 5) is 0. The molecule has 1 heterocycles. The summed E-state index contributed by atoms with van der Waals surface area (Å²) in [5.41, 5.74) is 0. The predicted molar refractivity (Wildman–Crippen MR) is 70.2 cm³/mol. The molecule has 1 aliphatic carbocycles. The lowest BCUT2D eigenvalue weighted by atomic mass is 10.2. The Hall–Kier alpha value is 0.0969. The topological polar surface area (TPSA) is 38.7 Å². The molecule has 3 nitrogen and oxygen atoms in total. The Labute approximate surface area is 106 Å². The Morgan fingerprint density at radius 2 is 1.47 bits per heavy atom. The van der Waals surface area contributed by atoms with E-state index in [-0.39, 0.29) is 28.4 Å². The molecule has 2 fully saturated rings. The molecule has 3 atom stereocenters. The van der Waals surface area contributed by atoms with Gasteiger partial charge in [0, 0.05) is 22.9 Å². The fraction of sp³-hybridized carbons (Fsp3) is 1.00. The van der Waals surface area contributed by atoms with Gasteiger partial charge in [0.1, 0.15) is 0 Å². The van der Waals surface area contributed by atoms with E-state index in [2.05, 4.69) is 41.5 Å². The largest absolute Gasteiger partial charge is 0.390 e. The van der Waals surface area contributed by atoms with Gasteiger partial charge in [-0.1, -0.05) is 41.5 Å². The zero-order valence-electron chi connectivity index (χ0n) is 11.9. The van der Waals surface area contributed by atoms with Gasteiger partial charge in [-0.15, -0.1) is 0 Å². The maximum absolute atomic E-state index is 9.98. The van der Waals surface area contributed by atoms with E-state index in [1.165, 1.54) is 0 Å². The summed E-state index contributed by atoms with van der Waals surface area (Å²) in [7, 11) is -2.35. The molecule has 1 saturated carbocycles. The average Bonchev–Trinajstić information content (AvgIpc) is 2.36. The van der Waals surface area contributed by atoms with Gasteiger partial charge < -0.3 is 14.0 Å². The molecule has 100 valence electrons. The highest BCUT2D eigenvalue weighted by Crippen LogP contribution is 2.56. The van der Waals surface area contributed by atoms with Crippen molar-refractivity contribution in [1.29, 1.82) is 0 Å². The molecule has 1 N–H and O–H groups in total. The Balaban J connectivity index is 2.38. The molecular weight excluding hydrogens is 232 g/mol. The number of aliphatic hydroxyl groups excluding tert-OH is 1. The molecule has 2 rings (SSSR count). The van der Waals surface area contributed by atoms with E-state index >= 15 is 0 Å². The van der Waals surface area contributed by atoms with Crippen LogP contribution in [0.5, 0.6) is 0 Å². The fourth-order valence-electron chi connectivity index (χ4n) is 3.46. The molecular formula is C13H26O3Si. The standard InChI is InChI=1S/C13H26O3Si/c1-12(2,3)17(13(4,5)6)15-9-7-10(14)11(8-9)16-17/h9-11,14H,7-8H2,1-6H3/t9-,10-,11-/m0/s1. The average molecular weight is 258 g/mol. The van der Waals surface area contributed by atoms with Gasteiger partial charge >= 0.3 is 8.56 Å². The van der Waals surface area contributed by atoms with Gasteiger partial charge in [-0.3, -0.25) is 0 Å². The van der Waals surface area contributed by atoms with Crippen molar-refractivity contribution in [2.24, 2.45) is 0 Å². The molecule has 2 aliphatic rings. The molecule has 1 aliphatic heterocycles. The number of rotatable bonds is 0. The van der Waals surface area contributed by atoms with Gasteiger partial charge in [0.2, 0.25) is 0 Å². The zero-order valence-corrected chi connectivity index (χ0v) is 12.9. The van der Waals surface area contributed by atoms with Crippen LogP contribution in [0.4, 0.5) is 0 Å². The van der Waals surface area contributed by atoms with Crippen LogP contribution in [-0.4, -0.2) is 32.0 Å². The smallest absolute Gasteiger partial charge is 0.349 e. The maximum atomic E-state index is 9.98. The first-order valence-electron chi connectivity index (χ1n) is 6.60. The Morgan fingerprint density at radius 1 is 0.941 bits per heavy atom. The lowest BCUT2D eigenvalue weighted by molar-refractivity contribution is -0.00920. The van der Waals surface area contributed by atoms with Crippen LogP contribution in [0.15, 0.2) is 0 Å². The first-order valence-corrected chi connectivity index (χ1v) is 8.42. The predicted octanol–water partition coefficient (Wildman–Crippen LogP) is 2.97. The minimum atomic E-state index is -2.35. The third-order valence-electron chi connectivity index (χ3n) is 4.05. The van der Waals surface area contributed by atoms with Crippen LogP contribution in [0.3, 0.4) is 0 Å². The summed E-state index contributed by atoms with van der Waals surface area (Å²) >= 11 is 0. The molecule has 0 radical (unpaired) electrons. The fourth-order valence-corrected chi connectivity index (χ4v) is 8.53. The summed E-state index contributed by atoms with van der Waals surface area (Å²) < 4.78 is 12.8. The second-order valence-corrected chi connectivity index (χ2v) is 12.3. The van der Waals surface area contributed by atoms with E-state index in [1.54, 1.807) is 0 Å². The van der Waals surface area contributed by atoms with Gasteiger partial charge in [0.05, 0.1) is 18.3 Å². The molecule has 4 heteroatoms. The normalized spacial score (nSPS) is 37.2. The number of aliphatic hydroxyl groups is 1. The summed E-state index contributed by atoms with van der Waals surface area (Å²) in [6.45, 7) is 13.3. The molecule has 0 aromatic rings. The summed E-state index contributed by atoms with van der Waals surface area (Å²) in [6, 6.07) is 0. The second-order valence-electron chi connectivity index (χ2n) is 7.55. The lowest BCUT2D eigenvalue weighted by Crippen LogP contribution is -2.62. The zero-order chi connectivity index (χ0) is 13.1. The first kappa shape index (κ1) is 13.5. The molecule has 0 unspecified atom stereocenters. The van der Waals surface area contributed by atoms with Gasteiger partial charge in [-0.05, 0) is 0 Å². The monoisotopic (exact) mass is 258 g/mol. The van der Waals surface area contributed by atoms with Crippen LogP contribution in [0.25, 0.3) is 0 Å². The van der Waals surface area contributed by atoms with Crippen molar-refractivity contribution in [3.05, 3.63) is 0 Å². The van der Waals surface area contributed by atoms with Crippen LogP contribution in [0, 0.1) is 0 Å². The van der Waals surface area contributed by atoms with E-state index in [0.29, 0.717) is 0 Å². The first-order chi connectivity index (χ1) is 7.57. The lowest BCUT2D eigenvalue weighted by Gasteiger charge is -2.53. The van der Waals surface area contributed by atoms with Crippen molar-refractivity contribution in [3.63, 3.8) is 0 Å². The summed E-state index contributed by atoms with van der Waals surface area (Å²) in [6.07, 6.45) is 1.47. The third-order valence-corrected chi connectivity index (χ3v) is 9.30. The summed E-state index contributed by atoms with van der Waals surface area (Å²) in [5.74, 6) is 0. The van der Waals surface area contributed by atoms with Crippen LogP contribution in [0.1, 0.15) is 54.4 Å². The van der Waals surface area contributed by atoms with Crippen LogP contribution in [0.2, 0.25) is 10.1 Å². The third kappa shape index (κ3) is 1.99. The molecule has 2 bridgehead atoms. The maximum Gasteiger partial charge on any atom is 0.349 e. The highest BCUT2D eigenvalue weighted by Gasteiger charge is 2.64. The van der Waals surface area contributed by atoms with E-state index in [1.807, 2.05) is 0 Å². The van der Waals surface area contributed by atoms with Crippen LogP contribution >= 0.6 is 0 Å². The highest BCUT2D eigenvalue weighted by atomic mass is 28.4. The molecule has 0 spiro atoms. The van der Waals surface area contributed by atoms with E-state index < -0.39 is 8.56 Å². The van der Waals surface area contributed by atoms with Crippen molar-refractivity contribution in [1.82, 2.24) is 0 Å². The Bertz CT molecular complexity index is 287. The molecule has 0 aromatic carbocycles. The minimum absolute atomic E-state index is 0.00105. The highest BCUT2D eigenvalue weighted by molar-refractivity contribution is 6.73. The van der Waals surface area contributed by atoms with Crippen molar-refractivity contribution in [2.75, 3.05) is 0 Å². The Morgan fingerprint density at radius 3 is 1.88 bits per heavy atom. The van der Waals surface area contributed by atoms with Gasteiger partial charge in [0.15, 0.2) is 0 Å². The SMILES string of the molecule is CC(C)(C)[Si]1(C(C)(C)C)O[C@@H]2C[C@H](O1)[C@@H](O)C2. The molecule has 0 amide bonds. The van der Waals surface area contributed by atoms with Crippen molar-refractivity contribution in [3.8, 4) is 0 Å². The van der Waals surface area contributed by atoms with Gasteiger partial charge in [-0.25, -0.2) is 0 Å². The van der Waals surface area contributed by atoms with E-state index in [0.717, 1.165) is 12.8 Å². The second kappa shape index (κ2) is 3.79. The summed E-state index contributed by atoms with van der Waals surface area (Å²) in [5, 5.41) is 10.0. The van der Waals surface area contributed by atoms with E-state index in [4.69, 9.17) is 8.85 Å². The molecule has 0 aromatic heterocycles. The van der Waals surface area contributed by atoms with Gasteiger partial charge in [-0.2, -0.15) is 0 Å². The van der Waals surface area contributed by atoms with E-state index in [9.17, 15) is 5.11 Å². The van der Waals surface area contributed by atoms with Crippen LogP contribution < -0.4 is 0 Å². The molecule has 1 saturated heterocycles. The number of hydrogen-bond donors (Lipinski definition) is 1. The van der Waals surface area contributed by atoms with Crippen molar-refractivity contribution < 1.29 is 14.0 Å². The van der Waals surface area contributed by atoms with Crippen molar-refractivity contribution >= 4 is 8.56 Å². The molecule has 17 heavy (non-hydrogen) atoms.